The fraction of sp³-hybridized carbons (Fsp3) is 0.316. The van der Waals surface area contributed by atoms with Crippen molar-refractivity contribution in [3.8, 4) is 0 Å². The van der Waals surface area contributed by atoms with Crippen LogP contribution in [0, 0.1) is 5.82 Å². The number of carbonyl (C=O) groups is 1. The third kappa shape index (κ3) is 4.39. The average molecular weight is 314 g/mol. The molecule has 23 heavy (non-hydrogen) atoms. The molecule has 0 aliphatic carbocycles. The van der Waals surface area contributed by atoms with Gasteiger partial charge in [0, 0.05) is 18.3 Å². The van der Waals surface area contributed by atoms with Gasteiger partial charge in [-0.05, 0) is 50.7 Å². The molecule has 2 aromatic rings. The Morgan fingerprint density at radius 3 is 2.26 bits per heavy atom. The van der Waals surface area contributed by atoms with Crippen molar-refractivity contribution in [1.82, 2.24) is 4.90 Å². The second kappa shape index (κ2) is 7.88. The van der Waals surface area contributed by atoms with Crippen molar-refractivity contribution in [3.05, 3.63) is 66.0 Å². The number of halogens is 1. The summed E-state index contributed by atoms with van der Waals surface area (Å²) in [6, 6.07) is 16.1. The molecule has 0 fully saturated rings. The van der Waals surface area contributed by atoms with Gasteiger partial charge in [-0.3, -0.25) is 9.69 Å². The number of nitrogens with zero attached hydrogens (tertiary/aromatic N) is 2. The highest BCUT2D eigenvalue weighted by Gasteiger charge is 2.19. The zero-order valence-corrected chi connectivity index (χ0v) is 13.9. The summed E-state index contributed by atoms with van der Waals surface area (Å²) in [6.07, 6.45) is 0. The fourth-order valence-electron chi connectivity index (χ4n) is 2.54. The number of amides is 1. The van der Waals surface area contributed by atoms with Crippen molar-refractivity contribution in [1.29, 1.82) is 0 Å². The van der Waals surface area contributed by atoms with E-state index in [4.69, 9.17) is 0 Å². The Bertz CT molecular complexity index is 628. The van der Waals surface area contributed by atoms with Crippen LogP contribution in [-0.2, 0) is 4.79 Å². The molecule has 4 heteroatoms. The van der Waals surface area contributed by atoms with Gasteiger partial charge in [0.05, 0.1) is 6.54 Å². The monoisotopic (exact) mass is 314 g/mol. The molecule has 0 saturated carbocycles. The largest absolute Gasteiger partial charge is 0.312 e. The molecule has 0 N–H and O–H groups in total. The molecule has 1 amide bonds. The maximum Gasteiger partial charge on any atom is 0.241 e. The predicted molar refractivity (Wildman–Crippen MR) is 91.9 cm³/mol. The van der Waals surface area contributed by atoms with Crippen molar-refractivity contribution in [2.45, 2.75) is 19.9 Å². The Morgan fingerprint density at radius 2 is 1.70 bits per heavy atom. The highest BCUT2D eigenvalue weighted by Crippen LogP contribution is 2.20. The lowest BCUT2D eigenvalue weighted by atomic mass is 10.1. The minimum absolute atomic E-state index is 0.0361. The van der Waals surface area contributed by atoms with E-state index in [1.165, 1.54) is 12.1 Å². The lowest BCUT2D eigenvalue weighted by Crippen LogP contribution is -2.39. The maximum absolute atomic E-state index is 13.0. The molecule has 0 bridgehead atoms. The SMILES string of the molecule is CCN(C(=O)CN(C)C(C)c1ccc(F)cc1)c1ccccc1. The first-order chi connectivity index (χ1) is 11.0. The highest BCUT2D eigenvalue weighted by atomic mass is 19.1. The van der Waals surface area contributed by atoms with Crippen LogP contribution in [0.5, 0.6) is 0 Å². The number of hydrogen-bond acceptors (Lipinski definition) is 2. The lowest BCUT2D eigenvalue weighted by Gasteiger charge is -2.28. The summed E-state index contributed by atoms with van der Waals surface area (Å²) >= 11 is 0. The van der Waals surface area contributed by atoms with Gasteiger partial charge in [-0.2, -0.15) is 0 Å². The second-order valence-electron chi connectivity index (χ2n) is 5.62. The minimum Gasteiger partial charge on any atom is -0.312 e. The van der Waals surface area contributed by atoms with E-state index in [2.05, 4.69) is 0 Å². The molecular formula is C19H23FN2O. The third-order valence-corrected chi connectivity index (χ3v) is 4.08. The molecule has 2 aromatic carbocycles. The second-order valence-corrected chi connectivity index (χ2v) is 5.62. The zero-order valence-electron chi connectivity index (χ0n) is 13.9. The molecular weight excluding hydrogens is 291 g/mol. The highest BCUT2D eigenvalue weighted by molar-refractivity contribution is 5.94. The summed E-state index contributed by atoms with van der Waals surface area (Å²) in [4.78, 5) is 16.3. The van der Waals surface area contributed by atoms with Crippen LogP contribution in [0.1, 0.15) is 25.5 Å². The Morgan fingerprint density at radius 1 is 1.09 bits per heavy atom. The zero-order chi connectivity index (χ0) is 16.8. The summed E-state index contributed by atoms with van der Waals surface area (Å²) in [7, 11) is 1.91. The van der Waals surface area contributed by atoms with Crippen molar-refractivity contribution in [2.24, 2.45) is 0 Å². The summed E-state index contributed by atoms with van der Waals surface area (Å²) < 4.78 is 13.0. The van der Waals surface area contributed by atoms with E-state index in [1.54, 1.807) is 17.0 Å². The Balaban J connectivity index is 2.04. The minimum atomic E-state index is -0.249. The number of likely N-dealkylation sites (N-methyl/N-ethyl adjacent to an activating group) is 2. The van der Waals surface area contributed by atoms with E-state index >= 15 is 0 Å². The van der Waals surface area contributed by atoms with Gasteiger partial charge in [-0.15, -0.1) is 0 Å². The standard InChI is InChI=1S/C19H23FN2O/c1-4-22(18-8-6-5-7-9-18)19(23)14-21(3)15(2)16-10-12-17(20)13-11-16/h5-13,15H,4,14H2,1-3H3. The Hall–Kier alpha value is -2.20. The molecule has 0 radical (unpaired) electrons. The van der Waals surface area contributed by atoms with Crippen LogP contribution in [0.2, 0.25) is 0 Å². The van der Waals surface area contributed by atoms with Crippen molar-refractivity contribution in [3.63, 3.8) is 0 Å². The number of anilines is 1. The van der Waals surface area contributed by atoms with Gasteiger partial charge in [0.25, 0.3) is 0 Å². The van der Waals surface area contributed by atoms with Crippen molar-refractivity contribution >= 4 is 11.6 Å². The predicted octanol–water partition coefficient (Wildman–Crippen LogP) is 3.87. The molecule has 122 valence electrons. The maximum atomic E-state index is 13.0. The van der Waals surface area contributed by atoms with Crippen LogP contribution in [0.3, 0.4) is 0 Å². The van der Waals surface area contributed by atoms with Gasteiger partial charge in [-0.25, -0.2) is 4.39 Å². The van der Waals surface area contributed by atoms with Gasteiger partial charge in [0.2, 0.25) is 5.91 Å². The third-order valence-electron chi connectivity index (χ3n) is 4.08. The molecule has 1 atom stereocenters. The summed E-state index contributed by atoms with van der Waals surface area (Å²) in [5, 5.41) is 0. The lowest BCUT2D eigenvalue weighted by molar-refractivity contribution is -0.119. The van der Waals surface area contributed by atoms with E-state index in [1.807, 2.05) is 56.1 Å². The first kappa shape index (κ1) is 17.2. The topological polar surface area (TPSA) is 23.6 Å². The summed E-state index contributed by atoms with van der Waals surface area (Å²) in [6.45, 7) is 4.91. The molecule has 0 saturated heterocycles. The van der Waals surface area contributed by atoms with Crippen LogP contribution in [0.4, 0.5) is 10.1 Å². The number of para-hydroxylation sites is 1. The molecule has 1 unspecified atom stereocenters. The van der Waals surface area contributed by atoms with E-state index in [0.29, 0.717) is 13.1 Å². The first-order valence-corrected chi connectivity index (χ1v) is 7.84. The fourth-order valence-corrected chi connectivity index (χ4v) is 2.54. The van der Waals surface area contributed by atoms with Gasteiger partial charge in [0.1, 0.15) is 5.82 Å². The van der Waals surface area contributed by atoms with Crippen LogP contribution in [-0.4, -0.2) is 30.9 Å². The molecule has 0 aliphatic heterocycles. The molecule has 2 rings (SSSR count). The summed E-state index contributed by atoms with van der Waals surface area (Å²) in [5.74, 6) is -0.198. The van der Waals surface area contributed by atoms with Crippen LogP contribution in [0.25, 0.3) is 0 Å². The Labute approximate surface area is 137 Å². The van der Waals surface area contributed by atoms with Gasteiger partial charge in [0.15, 0.2) is 0 Å². The summed E-state index contributed by atoms with van der Waals surface area (Å²) in [5.41, 5.74) is 1.90. The number of rotatable bonds is 6. The van der Waals surface area contributed by atoms with Crippen LogP contribution in [0.15, 0.2) is 54.6 Å². The van der Waals surface area contributed by atoms with Gasteiger partial charge >= 0.3 is 0 Å². The smallest absolute Gasteiger partial charge is 0.241 e. The first-order valence-electron chi connectivity index (χ1n) is 7.84. The number of hydrogen-bond donors (Lipinski definition) is 0. The average Bonchev–Trinajstić information content (AvgIpc) is 2.56. The van der Waals surface area contributed by atoms with E-state index in [9.17, 15) is 9.18 Å². The van der Waals surface area contributed by atoms with E-state index < -0.39 is 0 Å². The number of carbonyl (C=O) groups excluding carboxylic acids is 1. The quantitative estimate of drug-likeness (QED) is 0.808. The number of benzene rings is 2. The Kier molecular flexibility index (Phi) is 5.88. The van der Waals surface area contributed by atoms with Crippen LogP contribution >= 0.6 is 0 Å². The molecule has 0 aliphatic rings. The van der Waals surface area contributed by atoms with E-state index in [-0.39, 0.29) is 17.8 Å². The molecule has 3 nitrogen and oxygen atoms in total. The normalized spacial score (nSPS) is 12.2. The molecule has 0 aromatic heterocycles. The molecule has 0 spiro atoms. The molecule has 0 heterocycles. The van der Waals surface area contributed by atoms with Crippen LogP contribution < -0.4 is 4.90 Å². The van der Waals surface area contributed by atoms with Crippen molar-refractivity contribution in [2.75, 3.05) is 25.0 Å². The van der Waals surface area contributed by atoms with E-state index in [0.717, 1.165) is 11.3 Å². The van der Waals surface area contributed by atoms with Gasteiger partial charge in [-0.1, -0.05) is 30.3 Å². The van der Waals surface area contributed by atoms with Gasteiger partial charge < -0.3 is 4.90 Å². The van der Waals surface area contributed by atoms with Crippen molar-refractivity contribution < 1.29 is 9.18 Å².